The highest BCUT2D eigenvalue weighted by Gasteiger charge is 2.31. The minimum Gasteiger partial charge on any atom is -0.368 e. The second-order valence-electron chi connectivity index (χ2n) is 7.98. The Morgan fingerprint density at radius 1 is 1.13 bits per heavy atom. The molecule has 0 fully saturated rings. The molecule has 1 aliphatic heterocycles. The van der Waals surface area contributed by atoms with Gasteiger partial charge in [0.25, 0.3) is 0 Å². The number of fused-ring (bicyclic) bond motifs is 1. The predicted octanol–water partition coefficient (Wildman–Crippen LogP) is 1.57. The van der Waals surface area contributed by atoms with Gasteiger partial charge in [-0.3, -0.25) is 14.5 Å². The predicted molar refractivity (Wildman–Crippen MR) is 119 cm³/mol. The van der Waals surface area contributed by atoms with Crippen LogP contribution in [0.4, 0.5) is 5.69 Å². The molecule has 9 heteroatoms. The molecule has 8 nitrogen and oxygen atoms in total. The maximum atomic E-state index is 12.6. The number of amides is 2. The minimum atomic E-state index is -3.59. The number of benzene rings is 2. The van der Waals surface area contributed by atoms with E-state index in [1.54, 1.807) is 30.9 Å². The maximum absolute atomic E-state index is 12.6. The van der Waals surface area contributed by atoms with Gasteiger partial charge in [0.2, 0.25) is 21.8 Å². The second kappa shape index (κ2) is 9.17. The first-order valence-electron chi connectivity index (χ1n) is 10.1. The molecular formula is C22H28N4O4S. The molecule has 3 N–H and O–H groups in total. The van der Waals surface area contributed by atoms with Gasteiger partial charge in [0.1, 0.15) is 0 Å². The van der Waals surface area contributed by atoms with Gasteiger partial charge in [-0.05, 0) is 55.7 Å². The van der Waals surface area contributed by atoms with Crippen LogP contribution in [0, 0.1) is 0 Å². The summed E-state index contributed by atoms with van der Waals surface area (Å²) in [6.07, 6.45) is 0.467. The number of rotatable bonds is 7. The van der Waals surface area contributed by atoms with Crippen molar-refractivity contribution in [2.75, 3.05) is 18.9 Å². The van der Waals surface area contributed by atoms with E-state index >= 15 is 0 Å². The van der Waals surface area contributed by atoms with E-state index in [4.69, 9.17) is 5.73 Å². The van der Waals surface area contributed by atoms with Crippen LogP contribution in [-0.4, -0.2) is 55.1 Å². The number of sulfonamides is 1. The van der Waals surface area contributed by atoms with Gasteiger partial charge >= 0.3 is 0 Å². The third kappa shape index (κ3) is 5.12. The van der Waals surface area contributed by atoms with Crippen molar-refractivity contribution >= 4 is 27.5 Å². The summed E-state index contributed by atoms with van der Waals surface area (Å²) in [4.78, 5) is 26.5. The molecule has 1 unspecified atom stereocenters. The van der Waals surface area contributed by atoms with E-state index in [0.29, 0.717) is 18.7 Å². The molecule has 1 aliphatic rings. The summed E-state index contributed by atoms with van der Waals surface area (Å²) in [5.74, 6) is -0.772. The van der Waals surface area contributed by atoms with E-state index in [2.05, 4.69) is 5.32 Å². The third-order valence-electron chi connectivity index (χ3n) is 5.56. The fourth-order valence-electron chi connectivity index (χ4n) is 3.56. The molecule has 0 aromatic heterocycles. The van der Waals surface area contributed by atoms with E-state index in [1.165, 1.54) is 23.5 Å². The number of anilines is 1. The van der Waals surface area contributed by atoms with Crippen molar-refractivity contribution < 1.29 is 18.0 Å². The molecule has 2 aromatic carbocycles. The Labute approximate surface area is 183 Å². The monoisotopic (exact) mass is 444 g/mol. The van der Waals surface area contributed by atoms with E-state index in [9.17, 15) is 18.0 Å². The Kier molecular flexibility index (Phi) is 6.78. The van der Waals surface area contributed by atoms with Crippen molar-refractivity contribution in [3.05, 3.63) is 59.7 Å². The Balaban J connectivity index is 1.68. The smallest absolute Gasteiger partial charge is 0.243 e. The highest BCUT2D eigenvalue weighted by Crippen LogP contribution is 2.23. The van der Waals surface area contributed by atoms with Crippen molar-refractivity contribution in [2.24, 2.45) is 5.73 Å². The van der Waals surface area contributed by atoms with Crippen LogP contribution in [0.1, 0.15) is 25.0 Å². The molecule has 0 aliphatic carbocycles. The van der Waals surface area contributed by atoms with Crippen LogP contribution in [0.2, 0.25) is 0 Å². The molecule has 2 amide bonds. The number of primary amides is 1. The second-order valence-corrected chi connectivity index (χ2v) is 9.98. The molecule has 0 spiro atoms. The summed E-state index contributed by atoms with van der Waals surface area (Å²) in [5.41, 5.74) is 8.18. The molecule has 166 valence electrons. The van der Waals surface area contributed by atoms with Crippen molar-refractivity contribution in [1.82, 2.24) is 9.21 Å². The number of nitrogens with zero attached hydrogens (tertiary/aromatic N) is 2. The first kappa shape index (κ1) is 22.9. The minimum absolute atomic E-state index is 0.00191. The normalized spacial score (nSPS) is 16.9. The average molecular weight is 445 g/mol. The first-order valence-corrected chi connectivity index (χ1v) is 11.5. The number of nitrogens with one attached hydrogen (secondary N) is 1. The van der Waals surface area contributed by atoms with Crippen LogP contribution >= 0.6 is 0 Å². The lowest BCUT2D eigenvalue weighted by Crippen LogP contribution is -2.50. The van der Waals surface area contributed by atoms with E-state index in [0.717, 1.165) is 11.1 Å². The molecular weight excluding hydrogens is 416 g/mol. The Bertz CT molecular complexity index is 1070. The Morgan fingerprint density at radius 3 is 2.32 bits per heavy atom. The zero-order valence-corrected chi connectivity index (χ0v) is 18.7. The molecule has 1 atom stereocenters. The highest BCUT2D eigenvalue weighted by molar-refractivity contribution is 7.89. The average Bonchev–Trinajstić information content (AvgIpc) is 2.72. The van der Waals surface area contributed by atoms with Gasteiger partial charge in [0, 0.05) is 25.3 Å². The SMILES string of the molecule is CC(C)N(C)S(=O)(=O)c1ccc(NC(=O)CN2Cc3ccccc3CC2C(N)=O)cc1. The maximum Gasteiger partial charge on any atom is 0.243 e. The number of nitrogens with two attached hydrogens (primary N) is 1. The van der Waals surface area contributed by atoms with Gasteiger partial charge in [0.15, 0.2) is 0 Å². The fraction of sp³-hybridized carbons (Fsp3) is 0.364. The lowest BCUT2D eigenvalue weighted by atomic mass is 9.93. The fourth-order valence-corrected chi connectivity index (χ4v) is 4.93. The molecule has 2 aromatic rings. The zero-order valence-electron chi connectivity index (χ0n) is 17.9. The van der Waals surface area contributed by atoms with E-state index in [1.807, 2.05) is 24.3 Å². The summed E-state index contributed by atoms with van der Waals surface area (Å²) in [6.45, 7) is 4.04. The van der Waals surface area contributed by atoms with Gasteiger partial charge < -0.3 is 11.1 Å². The molecule has 0 radical (unpaired) electrons. The molecule has 1 heterocycles. The summed E-state index contributed by atoms with van der Waals surface area (Å²) >= 11 is 0. The lowest BCUT2D eigenvalue weighted by Gasteiger charge is -2.34. The molecule has 0 saturated carbocycles. The van der Waals surface area contributed by atoms with Gasteiger partial charge in [-0.1, -0.05) is 24.3 Å². The van der Waals surface area contributed by atoms with Gasteiger partial charge in [0.05, 0.1) is 17.5 Å². The van der Waals surface area contributed by atoms with Crippen molar-refractivity contribution in [3.63, 3.8) is 0 Å². The number of hydrogen-bond donors (Lipinski definition) is 2. The van der Waals surface area contributed by atoms with Crippen LogP contribution in [0.3, 0.4) is 0 Å². The molecule has 0 bridgehead atoms. The zero-order chi connectivity index (χ0) is 22.8. The third-order valence-corrected chi connectivity index (χ3v) is 7.61. The summed E-state index contributed by atoms with van der Waals surface area (Å²) < 4.78 is 26.4. The Hall–Kier alpha value is -2.75. The van der Waals surface area contributed by atoms with Gasteiger partial charge in [-0.2, -0.15) is 4.31 Å². The van der Waals surface area contributed by atoms with Gasteiger partial charge in [-0.15, -0.1) is 0 Å². The number of carbonyl (C=O) groups excluding carboxylic acids is 2. The van der Waals surface area contributed by atoms with E-state index in [-0.39, 0.29) is 23.4 Å². The van der Waals surface area contributed by atoms with Crippen LogP contribution in [-0.2, 0) is 32.6 Å². The van der Waals surface area contributed by atoms with Crippen LogP contribution in [0.25, 0.3) is 0 Å². The summed E-state index contributed by atoms with van der Waals surface area (Å²) in [5, 5.41) is 2.76. The molecule has 3 rings (SSSR count). The van der Waals surface area contributed by atoms with E-state index < -0.39 is 22.0 Å². The molecule has 0 saturated heterocycles. The quantitative estimate of drug-likeness (QED) is 0.673. The summed E-state index contributed by atoms with van der Waals surface area (Å²) in [6, 6.07) is 13.1. The van der Waals surface area contributed by atoms with Gasteiger partial charge in [-0.25, -0.2) is 8.42 Å². The largest absolute Gasteiger partial charge is 0.368 e. The lowest BCUT2D eigenvalue weighted by molar-refractivity contribution is -0.125. The molecule has 31 heavy (non-hydrogen) atoms. The van der Waals surface area contributed by atoms with Crippen molar-refractivity contribution in [1.29, 1.82) is 0 Å². The van der Waals surface area contributed by atoms with Crippen molar-refractivity contribution in [2.45, 2.75) is 43.8 Å². The number of hydrogen-bond acceptors (Lipinski definition) is 5. The standard InChI is InChI=1S/C22H28N4O4S/c1-15(2)25(3)31(29,30)19-10-8-18(9-11-19)24-21(27)14-26-13-17-7-5-4-6-16(17)12-20(26)22(23)28/h4-11,15,20H,12-14H2,1-3H3,(H2,23,28)(H,24,27). The van der Waals surface area contributed by atoms with Crippen molar-refractivity contribution in [3.8, 4) is 0 Å². The van der Waals surface area contributed by atoms with Crippen LogP contribution in [0.5, 0.6) is 0 Å². The highest BCUT2D eigenvalue weighted by atomic mass is 32.2. The van der Waals surface area contributed by atoms with Crippen LogP contribution in [0.15, 0.2) is 53.4 Å². The number of carbonyl (C=O) groups is 2. The topological polar surface area (TPSA) is 113 Å². The first-order chi connectivity index (χ1) is 14.6. The summed E-state index contributed by atoms with van der Waals surface area (Å²) in [7, 11) is -2.06. The van der Waals surface area contributed by atoms with Crippen LogP contribution < -0.4 is 11.1 Å². The Morgan fingerprint density at radius 2 is 1.74 bits per heavy atom.